The van der Waals surface area contributed by atoms with Gasteiger partial charge in [-0.1, -0.05) is 25.1 Å². The van der Waals surface area contributed by atoms with Crippen molar-refractivity contribution in [2.45, 2.75) is 45.1 Å². The van der Waals surface area contributed by atoms with Crippen molar-refractivity contribution in [3.8, 4) is 11.5 Å². The van der Waals surface area contributed by atoms with Crippen LogP contribution in [0.5, 0.6) is 0 Å². The Kier molecular flexibility index (Phi) is 5.81. The summed E-state index contributed by atoms with van der Waals surface area (Å²) in [6.07, 6.45) is 3.43. The van der Waals surface area contributed by atoms with Gasteiger partial charge in [0.2, 0.25) is 17.6 Å². The molecule has 0 saturated heterocycles. The summed E-state index contributed by atoms with van der Waals surface area (Å²) in [6, 6.07) is 5.44. The lowest BCUT2D eigenvalue weighted by atomic mass is 9.97. The van der Waals surface area contributed by atoms with Crippen LogP contribution in [-0.2, 0) is 11.2 Å². The second kappa shape index (κ2) is 7.82. The van der Waals surface area contributed by atoms with Crippen LogP contribution in [0.15, 0.2) is 28.9 Å². The van der Waals surface area contributed by atoms with E-state index in [1.54, 1.807) is 12.3 Å². The highest BCUT2D eigenvalue weighted by Gasteiger charge is 2.22. The lowest BCUT2D eigenvalue weighted by molar-refractivity contribution is -0.122. The quantitative estimate of drug-likeness (QED) is 0.768. The van der Waals surface area contributed by atoms with Crippen LogP contribution in [0.1, 0.15) is 39.0 Å². The van der Waals surface area contributed by atoms with Crippen LogP contribution in [0.2, 0.25) is 0 Å². The second-order valence-corrected chi connectivity index (χ2v) is 5.43. The van der Waals surface area contributed by atoms with Gasteiger partial charge in [0.1, 0.15) is 5.69 Å². The largest absolute Gasteiger partial charge is 0.388 e. The number of aryl methyl sites for hydroxylation is 1. The molecule has 23 heavy (non-hydrogen) atoms. The molecular weight excluding hydrogens is 296 g/mol. The van der Waals surface area contributed by atoms with Gasteiger partial charge in [-0.3, -0.25) is 9.78 Å². The van der Waals surface area contributed by atoms with Gasteiger partial charge in [-0.05, 0) is 25.0 Å². The van der Waals surface area contributed by atoms with E-state index in [-0.39, 0.29) is 18.9 Å². The van der Waals surface area contributed by atoms with Gasteiger partial charge in [0.15, 0.2) is 0 Å². The summed E-state index contributed by atoms with van der Waals surface area (Å²) in [5.74, 6) is 0.650. The van der Waals surface area contributed by atoms with Crippen molar-refractivity contribution in [3.05, 3.63) is 30.3 Å². The Morgan fingerprint density at radius 1 is 1.35 bits per heavy atom. The van der Waals surface area contributed by atoms with E-state index in [2.05, 4.69) is 20.4 Å². The molecule has 1 amide bonds. The molecule has 0 aliphatic heterocycles. The summed E-state index contributed by atoms with van der Waals surface area (Å²) in [7, 11) is 0. The molecule has 2 rings (SSSR count). The van der Waals surface area contributed by atoms with E-state index in [1.807, 2.05) is 26.0 Å². The Morgan fingerprint density at radius 3 is 2.78 bits per heavy atom. The highest BCUT2D eigenvalue weighted by atomic mass is 16.5. The molecule has 0 saturated carbocycles. The first-order valence-electron chi connectivity index (χ1n) is 7.79. The summed E-state index contributed by atoms with van der Waals surface area (Å²) in [5.41, 5.74) is -0.213. The molecule has 0 fully saturated rings. The maximum Gasteiger partial charge on any atom is 0.227 e. The predicted octanol–water partition coefficient (Wildman–Crippen LogP) is 1.73. The molecule has 0 bridgehead atoms. The molecule has 2 N–H and O–H groups in total. The van der Waals surface area contributed by atoms with E-state index >= 15 is 0 Å². The molecule has 0 spiro atoms. The number of nitrogens with zero attached hydrogens (tertiary/aromatic N) is 3. The molecular formula is C16H22N4O3. The SMILES string of the molecule is CCC(O)(CC)CNC(=O)CCc1nc(-c2ccccn2)no1. The number of hydrogen-bond acceptors (Lipinski definition) is 6. The fourth-order valence-electron chi connectivity index (χ4n) is 2.03. The van der Waals surface area contributed by atoms with E-state index in [0.29, 0.717) is 36.7 Å². The standard InChI is InChI=1S/C16H22N4O3/c1-3-16(22,4-2)11-18-13(21)8-9-14-19-15(20-23-14)12-7-5-6-10-17-12/h5-7,10,22H,3-4,8-9,11H2,1-2H3,(H,18,21). The molecule has 2 aromatic rings. The van der Waals surface area contributed by atoms with Crippen LogP contribution in [0.3, 0.4) is 0 Å². The topological polar surface area (TPSA) is 101 Å². The van der Waals surface area contributed by atoms with Gasteiger partial charge in [-0.25, -0.2) is 0 Å². The Balaban J connectivity index is 1.82. The van der Waals surface area contributed by atoms with Crippen molar-refractivity contribution in [2.75, 3.05) is 6.54 Å². The minimum atomic E-state index is -0.841. The lowest BCUT2D eigenvalue weighted by Crippen LogP contribution is -2.42. The number of carbonyl (C=O) groups is 1. The molecule has 0 aliphatic carbocycles. The summed E-state index contributed by atoms with van der Waals surface area (Å²) >= 11 is 0. The summed E-state index contributed by atoms with van der Waals surface area (Å²) in [6.45, 7) is 4.04. The average molecular weight is 318 g/mol. The molecule has 0 radical (unpaired) electrons. The van der Waals surface area contributed by atoms with Gasteiger partial charge < -0.3 is 14.9 Å². The van der Waals surface area contributed by atoms with Crippen LogP contribution < -0.4 is 5.32 Å². The number of rotatable bonds is 8. The molecule has 0 aliphatic rings. The molecule has 124 valence electrons. The van der Waals surface area contributed by atoms with Gasteiger partial charge in [-0.15, -0.1) is 0 Å². The van der Waals surface area contributed by atoms with Gasteiger partial charge in [0, 0.05) is 25.6 Å². The maximum absolute atomic E-state index is 11.8. The van der Waals surface area contributed by atoms with Gasteiger partial charge in [-0.2, -0.15) is 4.98 Å². The molecule has 2 heterocycles. The summed E-state index contributed by atoms with van der Waals surface area (Å²) < 4.78 is 5.13. The van der Waals surface area contributed by atoms with Crippen molar-refractivity contribution in [2.24, 2.45) is 0 Å². The number of hydrogen-bond donors (Lipinski definition) is 2. The first kappa shape index (κ1) is 17.1. The van der Waals surface area contributed by atoms with Crippen molar-refractivity contribution in [1.82, 2.24) is 20.4 Å². The molecule has 2 aromatic heterocycles. The Labute approximate surface area is 135 Å². The number of aliphatic hydroxyl groups is 1. The van der Waals surface area contributed by atoms with E-state index in [0.717, 1.165) is 0 Å². The highest BCUT2D eigenvalue weighted by Crippen LogP contribution is 2.14. The minimum Gasteiger partial charge on any atom is -0.388 e. The molecule has 7 nitrogen and oxygen atoms in total. The van der Waals surface area contributed by atoms with Gasteiger partial charge in [0.25, 0.3) is 0 Å². The zero-order valence-corrected chi connectivity index (χ0v) is 13.5. The predicted molar refractivity (Wildman–Crippen MR) is 84.4 cm³/mol. The number of pyridine rings is 1. The number of amides is 1. The Hall–Kier alpha value is -2.28. The minimum absolute atomic E-state index is 0.150. The van der Waals surface area contributed by atoms with Crippen LogP contribution in [-0.4, -0.2) is 38.3 Å². The fourth-order valence-corrected chi connectivity index (χ4v) is 2.03. The van der Waals surface area contributed by atoms with Crippen LogP contribution >= 0.6 is 0 Å². The Morgan fingerprint density at radius 2 is 2.13 bits per heavy atom. The first-order chi connectivity index (χ1) is 11.1. The van der Waals surface area contributed by atoms with E-state index in [1.165, 1.54) is 0 Å². The smallest absolute Gasteiger partial charge is 0.227 e. The third-order valence-corrected chi connectivity index (χ3v) is 3.86. The normalized spacial score (nSPS) is 11.4. The van der Waals surface area contributed by atoms with Crippen molar-refractivity contribution >= 4 is 5.91 Å². The zero-order chi connectivity index (χ0) is 16.7. The number of carbonyl (C=O) groups excluding carboxylic acids is 1. The summed E-state index contributed by atoms with van der Waals surface area (Å²) in [5, 5.41) is 16.7. The van der Waals surface area contributed by atoms with Crippen LogP contribution in [0, 0.1) is 0 Å². The van der Waals surface area contributed by atoms with Gasteiger partial charge in [0.05, 0.1) is 5.60 Å². The average Bonchev–Trinajstić information content (AvgIpc) is 3.07. The third kappa shape index (κ3) is 4.85. The number of aromatic nitrogens is 3. The molecule has 7 heteroatoms. The summed E-state index contributed by atoms with van der Waals surface area (Å²) in [4.78, 5) is 20.2. The van der Waals surface area contributed by atoms with Crippen LogP contribution in [0.4, 0.5) is 0 Å². The van der Waals surface area contributed by atoms with Gasteiger partial charge >= 0.3 is 0 Å². The van der Waals surface area contributed by atoms with Crippen molar-refractivity contribution < 1.29 is 14.4 Å². The molecule has 0 aromatic carbocycles. The lowest BCUT2D eigenvalue weighted by Gasteiger charge is -2.25. The van der Waals surface area contributed by atoms with Crippen molar-refractivity contribution in [3.63, 3.8) is 0 Å². The monoisotopic (exact) mass is 318 g/mol. The van der Waals surface area contributed by atoms with E-state index in [9.17, 15) is 9.90 Å². The molecule has 0 unspecified atom stereocenters. The fraction of sp³-hybridized carbons (Fsp3) is 0.500. The molecule has 0 atom stereocenters. The highest BCUT2D eigenvalue weighted by molar-refractivity contribution is 5.76. The van der Waals surface area contributed by atoms with Crippen molar-refractivity contribution in [1.29, 1.82) is 0 Å². The third-order valence-electron chi connectivity index (χ3n) is 3.86. The maximum atomic E-state index is 11.8. The zero-order valence-electron chi connectivity index (χ0n) is 13.5. The Bertz CT molecular complexity index is 623. The van der Waals surface area contributed by atoms with Crippen LogP contribution in [0.25, 0.3) is 11.5 Å². The first-order valence-corrected chi connectivity index (χ1v) is 7.79. The van der Waals surface area contributed by atoms with E-state index in [4.69, 9.17) is 4.52 Å². The number of nitrogens with one attached hydrogen (secondary N) is 1. The van der Waals surface area contributed by atoms with E-state index < -0.39 is 5.60 Å². The second-order valence-electron chi connectivity index (χ2n) is 5.43.